The highest BCUT2D eigenvalue weighted by molar-refractivity contribution is 7.94. The molecule has 2 aromatic rings. The highest BCUT2D eigenvalue weighted by Gasteiger charge is 2.15. The van der Waals surface area contributed by atoms with Crippen LogP contribution >= 0.6 is 22.7 Å². The summed E-state index contributed by atoms with van der Waals surface area (Å²) in [6.45, 7) is 1.94. The minimum Gasteiger partial charge on any atom is -0.270 e. The predicted octanol–water partition coefficient (Wildman–Crippen LogP) is 2.92. The van der Waals surface area contributed by atoms with Crippen LogP contribution < -0.4 is 4.72 Å². The molecule has 3 nitrogen and oxygen atoms in total. The molecule has 0 spiro atoms. The van der Waals surface area contributed by atoms with Crippen LogP contribution in [-0.4, -0.2) is 8.42 Å². The Morgan fingerprint density at radius 2 is 2.07 bits per heavy atom. The van der Waals surface area contributed by atoms with E-state index in [9.17, 15) is 8.42 Å². The fourth-order valence-electron chi connectivity index (χ4n) is 1.09. The number of hydrogen-bond donors (Lipinski definition) is 1. The van der Waals surface area contributed by atoms with E-state index in [-0.39, 0.29) is 0 Å². The van der Waals surface area contributed by atoms with Crippen LogP contribution in [0.3, 0.4) is 0 Å². The van der Waals surface area contributed by atoms with E-state index in [1.54, 1.807) is 23.6 Å². The summed E-state index contributed by atoms with van der Waals surface area (Å²) in [6, 6.07) is 6.97. The molecule has 6 heteroatoms. The van der Waals surface area contributed by atoms with Crippen LogP contribution in [0.25, 0.3) is 0 Å². The zero-order chi connectivity index (χ0) is 10.9. The van der Waals surface area contributed by atoms with Crippen LogP contribution in [0.1, 0.15) is 4.88 Å². The van der Waals surface area contributed by atoms with E-state index in [1.807, 2.05) is 13.0 Å². The summed E-state index contributed by atoms with van der Waals surface area (Å²) in [7, 11) is -3.38. The fourth-order valence-corrected chi connectivity index (χ4v) is 4.14. The Bertz CT molecular complexity index is 540. The van der Waals surface area contributed by atoms with Crippen LogP contribution in [-0.2, 0) is 10.0 Å². The zero-order valence-corrected chi connectivity index (χ0v) is 10.4. The number of hydrogen-bond acceptors (Lipinski definition) is 4. The van der Waals surface area contributed by atoms with Crippen molar-refractivity contribution < 1.29 is 8.42 Å². The number of nitrogens with one attached hydrogen (secondary N) is 1. The Kier molecular flexibility index (Phi) is 2.81. The second kappa shape index (κ2) is 3.96. The van der Waals surface area contributed by atoms with Crippen molar-refractivity contribution in [3.8, 4) is 0 Å². The summed E-state index contributed by atoms with van der Waals surface area (Å²) in [5, 5.41) is 2.40. The van der Waals surface area contributed by atoms with Gasteiger partial charge in [0.05, 0.1) is 0 Å². The van der Waals surface area contributed by atoms with Gasteiger partial charge in [-0.3, -0.25) is 4.72 Å². The summed E-state index contributed by atoms with van der Waals surface area (Å²) in [5.74, 6) is 0. The minimum absolute atomic E-state index is 0.341. The van der Waals surface area contributed by atoms with Gasteiger partial charge in [0.15, 0.2) is 0 Å². The van der Waals surface area contributed by atoms with Gasteiger partial charge in [0.25, 0.3) is 10.0 Å². The fraction of sp³-hybridized carbons (Fsp3) is 0.111. The molecule has 80 valence electrons. The molecule has 1 N–H and O–H groups in total. The van der Waals surface area contributed by atoms with Gasteiger partial charge < -0.3 is 0 Å². The number of sulfonamides is 1. The first-order valence-corrected chi connectivity index (χ1v) is 7.38. The maximum atomic E-state index is 11.8. The van der Waals surface area contributed by atoms with Crippen molar-refractivity contribution in [1.29, 1.82) is 0 Å². The van der Waals surface area contributed by atoms with E-state index >= 15 is 0 Å². The smallest absolute Gasteiger partial charge is 0.270 e. The second-order valence-electron chi connectivity index (χ2n) is 2.95. The average Bonchev–Trinajstić information content (AvgIpc) is 2.75. The molecule has 0 aromatic carbocycles. The Labute approximate surface area is 96.4 Å². The van der Waals surface area contributed by atoms with Gasteiger partial charge in [-0.2, -0.15) is 0 Å². The van der Waals surface area contributed by atoms with Crippen molar-refractivity contribution >= 4 is 37.7 Å². The standard InChI is InChI=1S/C9H9NO2S3/c1-7-4-5-8(14-7)10-15(11,12)9-3-2-6-13-9/h2-6,10H,1H3. The monoisotopic (exact) mass is 259 g/mol. The lowest BCUT2D eigenvalue weighted by Gasteiger charge is -2.02. The Balaban J connectivity index is 2.26. The highest BCUT2D eigenvalue weighted by atomic mass is 32.2. The first-order chi connectivity index (χ1) is 7.08. The van der Waals surface area contributed by atoms with Gasteiger partial charge in [-0.1, -0.05) is 6.07 Å². The van der Waals surface area contributed by atoms with Gasteiger partial charge in [-0.15, -0.1) is 22.7 Å². The molecule has 0 fully saturated rings. The van der Waals surface area contributed by atoms with Crippen LogP contribution in [0, 0.1) is 6.92 Å². The number of thiophene rings is 2. The van der Waals surface area contributed by atoms with E-state index in [0.29, 0.717) is 9.21 Å². The van der Waals surface area contributed by atoms with Gasteiger partial charge in [0.2, 0.25) is 0 Å². The van der Waals surface area contributed by atoms with Gasteiger partial charge >= 0.3 is 0 Å². The summed E-state index contributed by atoms with van der Waals surface area (Å²) in [5.41, 5.74) is 0. The normalized spacial score (nSPS) is 11.5. The molecule has 2 heterocycles. The van der Waals surface area contributed by atoms with Crippen LogP contribution in [0.2, 0.25) is 0 Å². The number of rotatable bonds is 3. The van der Waals surface area contributed by atoms with E-state index in [0.717, 1.165) is 4.88 Å². The van der Waals surface area contributed by atoms with Crippen molar-refractivity contribution in [2.24, 2.45) is 0 Å². The number of anilines is 1. The molecule has 2 rings (SSSR count). The lowest BCUT2D eigenvalue weighted by atomic mass is 10.5. The third-order valence-corrected chi connectivity index (χ3v) is 5.54. The van der Waals surface area contributed by atoms with Crippen molar-refractivity contribution in [2.45, 2.75) is 11.1 Å². The lowest BCUT2D eigenvalue weighted by Crippen LogP contribution is -2.10. The van der Waals surface area contributed by atoms with E-state index in [2.05, 4.69) is 4.72 Å². The summed E-state index contributed by atoms with van der Waals surface area (Å²) in [4.78, 5) is 1.08. The van der Waals surface area contributed by atoms with Crippen molar-refractivity contribution in [2.75, 3.05) is 4.72 Å². The molecule has 0 aliphatic heterocycles. The van der Waals surface area contributed by atoms with E-state index in [4.69, 9.17) is 0 Å². The molecule has 2 aromatic heterocycles. The van der Waals surface area contributed by atoms with Gasteiger partial charge in [0.1, 0.15) is 9.21 Å². The minimum atomic E-state index is -3.38. The van der Waals surface area contributed by atoms with Crippen LogP contribution in [0.4, 0.5) is 5.00 Å². The predicted molar refractivity (Wildman–Crippen MR) is 64.2 cm³/mol. The summed E-state index contributed by atoms with van der Waals surface area (Å²) < 4.78 is 26.4. The molecular weight excluding hydrogens is 250 g/mol. The molecule has 0 amide bonds. The van der Waals surface area contributed by atoms with Crippen molar-refractivity contribution in [1.82, 2.24) is 0 Å². The molecule has 0 aliphatic carbocycles. The molecule has 0 bridgehead atoms. The van der Waals surface area contributed by atoms with Gasteiger partial charge in [-0.25, -0.2) is 8.42 Å². The summed E-state index contributed by atoms with van der Waals surface area (Å²) in [6.07, 6.45) is 0. The van der Waals surface area contributed by atoms with Crippen molar-refractivity contribution in [3.63, 3.8) is 0 Å². The quantitative estimate of drug-likeness (QED) is 0.921. The van der Waals surface area contributed by atoms with Crippen molar-refractivity contribution in [3.05, 3.63) is 34.5 Å². The first kappa shape index (κ1) is 10.7. The molecular formula is C9H9NO2S3. The van der Waals surface area contributed by atoms with Gasteiger partial charge in [-0.05, 0) is 30.5 Å². The molecule has 0 aliphatic rings. The first-order valence-electron chi connectivity index (χ1n) is 4.21. The molecule has 0 atom stereocenters. The molecule has 0 saturated heterocycles. The molecule has 0 saturated carbocycles. The highest BCUT2D eigenvalue weighted by Crippen LogP contribution is 2.25. The summed E-state index contributed by atoms with van der Waals surface area (Å²) >= 11 is 2.64. The maximum absolute atomic E-state index is 11.8. The average molecular weight is 259 g/mol. The molecule has 0 radical (unpaired) electrons. The molecule has 15 heavy (non-hydrogen) atoms. The Morgan fingerprint density at radius 1 is 1.27 bits per heavy atom. The molecule has 0 unspecified atom stereocenters. The van der Waals surface area contributed by atoms with E-state index < -0.39 is 10.0 Å². The topological polar surface area (TPSA) is 46.2 Å². The van der Waals surface area contributed by atoms with Gasteiger partial charge in [0, 0.05) is 4.88 Å². The SMILES string of the molecule is Cc1ccc(NS(=O)(=O)c2cccs2)s1. The third-order valence-electron chi connectivity index (χ3n) is 1.74. The van der Waals surface area contributed by atoms with Crippen LogP contribution in [0.5, 0.6) is 0 Å². The maximum Gasteiger partial charge on any atom is 0.272 e. The Hall–Kier alpha value is -0.850. The van der Waals surface area contributed by atoms with Crippen LogP contribution in [0.15, 0.2) is 33.9 Å². The lowest BCUT2D eigenvalue weighted by molar-refractivity contribution is 0.603. The third kappa shape index (κ3) is 2.39. The van der Waals surface area contributed by atoms with E-state index in [1.165, 1.54) is 22.7 Å². The second-order valence-corrected chi connectivity index (χ2v) is 7.09. The number of aryl methyl sites for hydroxylation is 1. The largest absolute Gasteiger partial charge is 0.272 e. The zero-order valence-electron chi connectivity index (χ0n) is 7.93. The Morgan fingerprint density at radius 3 is 2.60 bits per heavy atom.